The number of hydrogen-bond donors (Lipinski definition) is 2. The predicted molar refractivity (Wildman–Crippen MR) is 87.9 cm³/mol. The Kier molecular flexibility index (Phi) is 5.42. The summed E-state index contributed by atoms with van der Waals surface area (Å²) in [5.41, 5.74) is 0.968. The molecule has 0 aliphatic carbocycles. The van der Waals surface area contributed by atoms with Crippen molar-refractivity contribution in [3.8, 4) is 0 Å². The van der Waals surface area contributed by atoms with Crippen molar-refractivity contribution < 1.29 is 9.59 Å². The van der Waals surface area contributed by atoms with Crippen molar-refractivity contribution in [3.63, 3.8) is 0 Å². The first kappa shape index (κ1) is 16.4. The summed E-state index contributed by atoms with van der Waals surface area (Å²) in [7, 11) is 0. The second kappa shape index (κ2) is 7.91. The molecule has 1 saturated heterocycles. The zero-order chi connectivity index (χ0) is 16.8. The second-order valence-corrected chi connectivity index (χ2v) is 6.60. The SMILES string of the molecule is O=C(NCCSc1cn[nH]n1)[C@@H]1CC(=O)N(Cc2cccnc2)C1. The topological polar surface area (TPSA) is 104 Å². The number of carbonyl (C=O) groups excluding carboxylic acids is 2. The summed E-state index contributed by atoms with van der Waals surface area (Å²) in [6, 6.07) is 3.77. The maximum absolute atomic E-state index is 12.2. The van der Waals surface area contributed by atoms with E-state index in [2.05, 4.69) is 25.7 Å². The number of aromatic nitrogens is 4. The minimum Gasteiger partial charge on any atom is -0.355 e. The fourth-order valence-electron chi connectivity index (χ4n) is 2.55. The molecule has 3 heterocycles. The molecule has 1 atom stereocenters. The lowest BCUT2D eigenvalue weighted by Crippen LogP contribution is -2.34. The van der Waals surface area contributed by atoms with E-state index in [1.165, 1.54) is 11.8 Å². The summed E-state index contributed by atoms with van der Waals surface area (Å²) in [6.45, 7) is 1.48. The normalized spacial score (nSPS) is 17.2. The van der Waals surface area contributed by atoms with Gasteiger partial charge in [0.15, 0.2) is 0 Å². The van der Waals surface area contributed by atoms with E-state index in [4.69, 9.17) is 0 Å². The molecule has 2 N–H and O–H groups in total. The molecule has 1 aliphatic rings. The van der Waals surface area contributed by atoms with Crippen LogP contribution in [0.3, 0.4) is 0 Å². The van der Waals surface area contributed by atoms with Crippen LogP contribution in [-0.4, -0.2) is 56.0 Å². The average Bonchev–Trinajstić information content (AvgIpc) is 3.23. The Morgan fingerprint density at radius 1 is 1.46 bits per heavy atom. The average molecular weight is 346 g/mol. The van der Waals surface area contributed by atoms with Gasteiger partial charge in [0, 0.05) is 44.2 Å². The third kappa shape index (κ3) is 4.31. The van der Waals surface area contributed by atoms with E-state index in [-0.39, 0.29) is 24.2 Å². The molecule has 0 aromatic carbocycles. The van der Waals surface area contributed by atoms with Crippen molar-refractivity contribution in [2.45, 2.75) is 18.0 Å². The van der Waals surface area contributed by atoms with Crippen molar-refractivity contribution in [1.82, 2.24) is 30.6 Å². The van der Waals surface area contributed by atoms with Gasteiger partial charge in [-0.05, 0) is 11.6 Å². The Morgan fingerprint density at radius 2 is 2.38 bits per heavy atom. The van der Waals surface area contributed by atoms with Gasteiger partial charge in [-0.3, -0.25) is 14.6 Å². The lowest BCUT2D eigenvalue weighted by molar-refractivity contribution is -0.129. The van der Waals surface area contributed by atoms with Gasteiger partial charge >= 0.3 is 0 Å². The molecule has 2 aromatic heterocycles. The van der Waals surface area contributed by atoms with Gasteiger partial charge in [0.05, 0.1) is 12.1 Å². The second-order valence-electron chi connectivity index (χ2n) is 5.48. The summed E-state index contributed by atoms with van der Waals surface area (Å²) in [4.78, 5) is 30.0. The Bertz CT molecular complexity index is 679. The van der Waals surface area contributed by atoms with Gasteiger partial charge < -0.3 is 10.2 Å². The summed E-state index contributed by atoms with van der Waals surface area (Å²) in [6.07, 6.45) is 5.34. The van der Waals surface area contributed by atoms with Crippen LogP contribution in [0.25, 0.3) is 0 Å². The zero-order valence-electron chi connectivity index (χ0n) is 13.0. The summed E-state index contributed by atoms with van der Waals surface area (Å²) in [5, 5.41) is 13.9. The fraction of sp³-hybridized carbons (Fsp3) is 0.400. The number of amides is 2. The zero-order valence-corrected chi connectivity index (χ0v) is 13.8. The Hall–Kier alpha value is -2.42. The van der Waals surface area contributed by atoms with Crippen LogP contribution in [0.1, 0.15) is 12.0 Å². The number of nitrogens with zero attached hydrogens (tertiary/aromatic N) is 4. The minimum absolute atomic E-state index is 0.0102. The Morgan fingerprint density at radius 3 is 3.12 bits per heavy atom. The highest BCUT2D eigenvalue weighted by Crippen LogP contribution is 2.20. The summed E-state index contributed by atoms with van der Waals surface area (Å²) >= 11 is 1.51. The van der Waals surface area contributed by atoms with Crippen LogP contribution >= 0.6 is 11.8 Å². The van der Waals surface area contributed by atoms with Crippen LogP contribution in [0.4, 0.5) is 0 Å². The van der Waals surface area contributed by atoms with E-state index in [1.54, 1.807) is 23.5 Å². The number of rotatable bonds is 7. The third-order valence-electron chi connectivity index (χ3n) is 3.73. The van der Waals surface area contributed by atoms with Crippen LogP contribution in [0.2, 0.25) is 0 Å². The highest BCUT2D eigenvalue weighted by atomic mass is 32.2. The van der Waals surface area contributed by atoms with E-state index < -0.39 is 0 Å². The molecule has 2 amide bonds. The third-order valence-corrected chi connectivity index (χ3v) is 4.63. The molecular formula is C15H18N6O2S. The number of thioether (sulfide) groups is 1. The lowest BCUT2D eigenvalue weighted by Gasteiger charge is -2.16. The van der Waals surface area contributed by atoms with E-state index >= 15 is 0 Å². The molecule has 3 rings (SSSR count). The molecule has 0 saturated carbocycles. The lowest BCUT2D eigenvalue weighted by atomic mass is 10.1. The molecule has 2 aromatic rings. The first-order valence-corrected chi connectivity index (χ1v) is 8.64. The van der Waals surface area contributed by atoms with Crippen LogP contribution in [-0.2, 0) is 16.1 Å². The summed E-state index contributed by atoms with van der Waals surface area (Å²) in [5.74, 6) is 0.359. The van der Waals surface area contributed by atoms with Crippen LogP contribution < -0.4 is 5.32 Å². The number of likely N-dealkylation sites (tertiary alicyclic amines) is 1. The maximum Gasteiger partial charge on any atom is 0.225 e. The van der Waals surface area contributed by atoms with Gasteiger partial charge in [-0.2, -0.15) is 10.3 Å². The molecule has 1 fully saturated rings. The van der Waals surface area contributed by atoms with Gasteiger partial charge in [-0.1, -0.05) is 6.07 Å². The van der Waals surface area contributed by atoms with Gasteiger partial charge in [-0.15, -0.1) is 16.9 Å². The molecule has 24 heavy (non-hydrogen) atoms. The van der Waals surface area contributed by atoms with Crippen molar-refractivity contribution >= 4 is 23.6 Å². The van der Waals surface area contributed by atoms with Crippen LogP contribution in [0.15, 0.2) is 35.7 Å². The van der Waals surface area contributed by atoms with Crippen molar-refractivity contribution in [1.29, 1.82) is 0 Å². The van der Waals surface area contributed by atoms with Crippen LogP contribution in [0.5, 0.6) is 0 Å². The summed E-state index contributed by atoms with van der Waals surface area (Å²) < 4.78 is 0. The van der Waals surface area contributed by atoms with Crippen molar-refractivity contribution in [2.75, 3.05) is 18.8 Å². The quantitative estimate of drug-likeness (QED) is 0.557. The van der Waals surface area contributed by atoms with E-state index in [0.29, 0.717) is 25.4 Å². The number of carbonyl (C=O) groups is 2. The number of nitrogens with one attached hydrogen (secondary N) is 2. The Labute approximate surface area is 143 Å². The molecule has 0 spiro atoms. The Balaban J connectivity index is 1.42. The van der Waals surface area contributed by atoms with E-state index in [1.807, 2.05) is 12.1 Å². The molecule has 0 unspecified atom stereocenters. The molecule has 9 heteroatoms. The fourth-order valence-corrected chi connectivity index (χ4v) is 3.19. The van der Waals surface area contributed by atoms with Crippen molar-refractivity contribution in [2.24, 2.45) is 5.92 Å². The van der Waals surface area contributed by atoms with Gasteiger partial charge in [-0.25, -0.2) is 0 Å². The molecular weight excluding hydrogens is 328 g/mol. The van der Waals surface area contributed by atoms with Crippen LogP contribution in [0, 0.1) is 5.92 Å². The van der Waals surface area contributed by atoms with Gasteiger partial charge in [0.1, 0.15) is 5.03 Å². The maximum atomic E-state index is 12.2. The highest BCUT2D eigenvalue weighted by molar-refractivity contribution is 7.99. The number of H-pyrrole nitrogens is 1. The molecule has 1 aliphatic heterocycles. The van der Waals surface area contributed by atoms with E-state index in [0.717, 1.165) is 10.6 Å². The number of hydrogen-bond acceptors (Lipinski definition) is 6. The number of pyridine rings is 1. The number of aromatic amines is 1. The largest absolute Gasteiger partial charge is 0.355 e. The minimum atomic E-state index is -0.286. The predicted octanol–water partition coefficient (Wildman–Crippen LogP) is 0.457. The highest BCUT2D eigenvalue weighted by Gasteiger charge is 2.33. The first-order valence-electron chi connectivity index (χ1n) is 7.65. The smallest absolute Gasteiger partial charge is 0.225 e. The van der Waals surface area contributed by atoms with Gasteiger partial charge in [0.25, 0.3) is 0 Å². The standard InChI is InChI=1S/C15H18N6O2S/c22-14-6-12(10-21(14)9-11-2-1-3-16-7-11)15(23)17-4-5-24-13-8-18-20-19-13/h1-3,7-8,12H,4-6,9-10H2,(H,17,23)(H,18,19,20)/t12-/m1/s1. The molecule has 0 bridgehead atoms. The molecule has 126 valence electrons. The first-order chi connectivity index (χ1) is 11.7. The molecule has 0 radical (unpaired) electrons. The van der Waals surface area contributed by atoms with Crippen molar-refractivity contribution in [3.05, 3.63) is 36.3 Å². The van der Waals surface area contributed by atoms with E-state index in [9.17, 15) is 9.59 Å². The van der Waals surface area contributed by atoms with Gasteiger partial charge in [0.2, 0.25) is 11.8 Å². The monoisotopic (exact) mass is 346 g/mol. The molecule has 8 nitrogen and oxygen atoms in total.